The molecule has 8 heteroatoms. The van der Waals surface area contributed by atoms with Crippen LogP contribution in [0.2, 0.25) is 0 Å². The van der Waals surface area contributed by atoms with E-state index in [-0.39, 0.29) is 17.1 Å². The zero-order chi connectivity index (χ0) is 25.7. The minimum absolute atomic E-state index is 0.0263. The molecule has 0 spiro atoms. The molecule has 0 saturated carbocycles. The monoisotopic (exact) mass is 495 g/mol. The van der Waals surface area contributed by atoms with Crippen molar-refractivity contribution in [2.24, 2.45) is 0 Å². The molecule has 1 N–H and O–H groups in total. The second-order valence-electron chi connectivity index (χ2n) is 8.91. The van der Waals surface area contributed by atoms with E-state index in [4.69, 9.17) is 9.47 Å². The van der Waals surface area contributed by atoms with Gasteiger partial charge in [0.1, 0.15) is 17.3 Å². The molecule has 2 heterocycles. The van der Waals surface area contributed by atoms with Crippen molar-refractivity contribution in [3.8, 4) is 11.5 Å². The number of ether oxygens (including phenoxy) is 2. The van der Waals surface area contributed by atoms with E-state index >= 15 is 0 Å². The standard InChI is InChI=1S/C28H34FN3O4/c1-4-36-22-11-9-21(10-12-22)27(26-25(33)19-20(2)32(28(26)34)17-18-35-3)31-15-13-30(14-16-31)24-8-6-5-7-23(24)29/h5-12,19,27,33H,4,13-18H2,1-3H3/t27-/m1/s1. The van der Waals surface area contributed by atoms with Crippen LogP contribution in [0.1, 0.15) is 29.8 Å². The van der Waals surface area contributed by atoms with E-state index in [1.165, 1.54) is 6.07 Å². The fourth-order valence-corrected chi connectivity index (χ4v) is 4.89. The molecular formula is C28H34FN3O4. The Morgan fingerprint density at radius 1 is 1.06 bits per heavy atom. The highest BCUT2D eigenvalue weighted by Crippen LogP contribution is 2.34. The molecule has 0 amide bonds. The smallest absolute Gasteiger partial charge is 0.259 e. The topological polar surface area (TPSA) is 67.2 Å². The lowest BCUT2D eigenvalue weighted by Gasteiger charge is -2.40. The number of aromatic hydroxyl groups is 1. The first-order valence-corrected chi connectivity index (χ1v) is 12.3. The number of aryl methyl sites for hydroxylation is 1. The van der Waals surface area contributed by atoms with Gasteiger partial charge in [0.25, 0.3) is 5.56 Å². The maximum atomic E-state index is 14.4. The molecule has 1 aliphatic rings. The van der Waals surface area contributed by atoms with E-state index < -0.39 is 6.04 Å². The van der Waals surface area contributed by atoms with Crippen molar-refractivity contribution in [1.82, 2.24) is 9.47 Å². The van der Waals surface area contributed by atoms with Crippen LogP contribution >= 0.6 is 0 Å². The van der Waals surface area contributed by atoms with Gasteiger partial charge in [-0.3, -0.25) is 9.69 Å². The van der Waals surface area contributed by atoms with Crippen LogP contribution in [0.3, 0.4) is 0 Å². The summed E-state index contributed by atoms with van der Waals surface area (Å²) in [5, 5.41) is 11.0. The number of methoxy groups -OCH3 is 1. The Balaban J connectivity index is 1.72. The van der Waals surface area contributed by atoms with Gasteiger partial charge in [-0.05, 0) is 49.7 Å². The van der Waals surface area contributed by atoms with Crippen LogP contribution in [-0.4, -0.2) is 61.1 Å². The number of halogens is 1. The second kappa shape index (κ2) is 11.6. The van der Waals surface area contributed by atoms with Gasteiger partial charge in [0, 0.05) is 45.5 Å². The highest BCUT2D eigenvalue weighted by atomic mass is 19.1. The SMILES string of the molecule is CCOc1ccc([C@H](c2c(O)cc(C)n(CCOC)c2=O)N2CCN(c3ccccc3F)CC2)cc1. The average Bonchev–Trinajstić information content (AvgIpc) is 2.88. The number of benzene rings is 2. The van der Waals surface area contributed by atoms with E-state index in [1.54, 1.807) is 36.8 Å². The largest absolute Gasteiger partial charge is 0.507 e. The van der Waals surface area contributed by atoms with Crippen LogP contribution in [-0.2, 0) is 11.3 Å². The number of nitrogens with zero attached hydrogens (tertiary/aromatic N) is 3. The number of aromatic nitrogens is 1. The van der Waals surface area contributed by atoms with E-state index in [9.17, 15) is 14.3 Å². The van der Waals surface area contributed by atoms with Crippen molar-refractivity contribution in [2.45, 2.75) is 26.4 Å². The lowest BCUT2D eigenvalue weighted by Crippen LogP contribution is -2.49. The van der Waals surface area contributed by atoms with Gasteiger partial charge in [0.15, 0.2) is 0 Å². The Bertz CT molecular complexity index is 1220. The quantitative estimate of drug-likeness (QED) is 0.485. The van der Waals surface area contributed by atoms with E-state index in [0.717, 1.165) is 11.3 Å². The summed E-state index contributed by atoms with van der Waals surface area (Å²) in [6.07, 6.45) is 0. The number of hydrogen-bond acceptors (Lipinski definition) is 6. The van der Waals surface area contributed by atoms with Gasteiger partial charge in [-0.15, -0.1) is 0 Å². The molecule has 3 aromatic rings. The fraction of sp³-hybridized carbons (Fsp3) is 0.393. The van der Waals surface area contributed by atoms with Gasteiger partial charge < -0.3 is 24.0 Å². The molecule has 0 radical (unpaired) electrons. The zero-order valence-corrected chi connectivity index (χ0v) is 21.1. The molecule has 1 aromatic heterocycles. The molecule has 7 nitrogen and oxygen atoms in total. The average molecular weight is 496 g/mol. The number of pyridine rings is 1. The van der Waals surface area contributed by atoms with Gasteiger partial charge in [-0.25, -0.2) is 4.39 Å². The first-order chi connectivity index (χ1) is 17.4. The molecule has 0 aliphatic carbocycles. The van der Waals surface area contributed by atoms with E-state index in [1.807, 2.05) is 42.2 Å². The van der Waals surface area contributed by atoms with Gasteiger partial charge in [0.2, 0.25) is 0 Å². The van der Waals surface area contributed by atoms with Crippen LogP contribution in [0.25, 0.3) is 0 Å². The summed E-state index contributed by atoms with van der Waals surface area (Å²) in [6, 6.07) is 15.6. The van der Waals surface area contributed by atoms with Crippen LogP contribution < -0.4 is 15.2 Å². The van der Waals surface area contributed by atoms with Crippen molar-refractivity contribution < 1.29 is 19.0 Å². The molecule has 36 heavy (non-hydrogen) atoms. The van der Waals surface area contributed by atoms with Crippen LogP contribution in [0.4, 0.5) is 10.1 Å². The summed E-state index contributed by atoms with van der Waals surface area (Å²) in [5.41, 5.74) is 2.23. The molecular weight excluding hydrogens is 461 g/mol. The minimum atomic E-state index is -0.467. The molecule has 1 saturated heterocycles. The zero-order valence-electron chi connectivity index (χ0n) is 21.1. The Kier molecular flexibility index (Phi) is 8.28. The number of rotatable bonds is 9. The summed E-state index contributed by atoms with van der Waals surface area (Å²) in [7, 11) is 1.60. The van der Waals surface area contributed by atoms with Crippen molar-refractivity contribution in [3.63, 3.8) is 0 Å². The molecule has 1 aliphatic heterocycles. The first kappa shape index (κ1) is 25.7. The fourth-order valence-electron chi connectivity index (χ4n) is 4.89. The summed E-state index contributed by atoms with van der Waals surface area (Å²) in [4.78, 5) is 17.9. The Labute approximate surface area is 211 Å². The molecule has 1 atom stereocenters. The molecule has 0 unspecified atom stereocenters. The normalized spacial score (nSPS) is 15.2. The number of para-hydroxylation sites is 1. The molecule has 2 aromatic carbocycles. The van der Waals surface area contributed by atoms with Crippen molar-refractivity contribution in [3.05, 3.63) is 87.6 Å². The van der Waals surface area contributed by atoms with Crippen molar-refractivity contribution in [2.75, 3.05) is 51.4 Å². The Morgan fingerprint density at radius 3 is 2.39 bits per heavy atom. The van der Waals surface area contributed by atoms with Gasteiger partial charge in [0.05, 0.1) is 30.5 Å². The molecule has 1 fully saturated rings. The van der Waals surface area contributed by atoms with Crippen molar-refractivity contribution >= 4 is 5.69 Å². The van der Waals surface area contributed by atoms with Crippen LogP contribution in [0, 0.1) is 12.7 Å². The predicted molar refractivity (Wildman–Crippen MR) is 139 cm³/mol. The molecule has 0 bridgehead atoms. The summed E-state index contributed by atoms with van der Waals surface area (Å²) in [6.45, 7) is 7.46. The van der Waals surface area contributed by atoms with E-state index in [2.05, 4.69) is 4.90 Å². The maximum absolute atomic E-state index is 14.4. The highest BCUT2D eigenvalue weighted by molar-refractivity contribution is 5.48. The summed E-state index contributed by atoms with van der Waals surface area (Å²) < 4.78 is 26.9. The highest BCUT2D eigenvalue weighted by Gasteiger charge is 2.32. The molecule has 4 rings (SSSR count). The third kappa shape index (κ3) is 5.39. The van der Waals surface area contributed by atoms with E-state index in [0.29, 0.717) is 62.9 Å². The van der Waals surface area contributed by atoms with Crippen LogP contribution in [0.15, 0.2) is 59.4 Å². The van der Waals surface area contributed by atoms with Gasteiger partial charge >= 0.3 is 0 Å². The summed E-state index contributed by atoms with van der Waals surface area (Å²) >= 11 is 0. The van der Waals surface area contributed by atoms with Gasteiger partial charge in [-0.1, -0.05) is 24.3 Å². The Hall–Kier alpha value is -3.36. The van der Waals surface area contributed by atoms with Crippen LogP contribution in [0.5, 0.6) is 11.5 Å². The lowest BCUT2D eigenvalue weighted by atomic mass is 9.95. The Morgan fingerprint density at radius 2 is 1.75 bits per heavy atom. The number of hydrogen-bond donors (Lipinski definition) is 1. The maximum Gasteiger partial charge on any atom is 0.259 e. The van der Waals surface area contributed by atoms with Gasteiger partial charge in [-0.2, -0.15) is 0 Å². The second-order valence-corrected chi connectivity index (χ2v) is 8.91. The van der Waals surface area contributed by atoms with Crippen molar-refractivity contribution in [1.29, 1.82) is 0 Å². The third-order valence-corrected chi connectivity index (χ3v) is 6.69. The molecule has 192 valence electrons. The minimum Gasteiger partial charge on any atom is -0.507 e. The third-order valence-electron chi connectivity index (χ3n) is 6.69. The number of piperazine rings is 1. The number of anilines is 1. The first-order valence-electron chi connectivity index (χ1n) is 12.3. The lowest BCUT2D eigenvalue weighted by molar-refractivity contribution is 0.183. The predicted octanol–water partition coefficient (Wildman–Crippen LogP) is 3.96. The summed E-state index contributed by atoms with van der Waals surface area (Å²) in [5.74, 6) is 0.475.